The zero-order valence-electron chi connectivity index (χ0n) is 11.5. The van der Waals surface area contributed by atoms with Crippen LogP contribution in [0.5, 0.6) is 0 Å². The largest absolute Gasteiger partial charge is 0.399 e. The van der Waals surface area contributed by atoms with Gasteiger partial charge in [0.2, 0.25) is 10.0 Å². The van der Waals surface area contributed by atoms with E-state index in [0.29, 0.717) is 22.3 Å². The Labute approximate surface area is 125 Å². The van der Waals surface area contributed by atoms with Crippen LogP contribution in [-0.2, 0) is 16.6 Å². The maximum atomic E-state index is 12.0. The molecular formula is C11H15N5O3S2. The lowest BCUT2D eigenvalue weighted by molar-refractivity contribution is 0.586. The molecule has 1 aromatic carbocycles. The van der Waals surface area contributed by atoms with Crippen molar-refractivity contribution in [2.24, 2.45) is 0 Å². The van der Waals surface area contributed by atoms with Gasteiger partial charge in [-0.1, -0.05) is 0 Å². The summed E-state index contributed by atoms with van der Waals surface area (Å²) in [6.45, 7) is 2.23. The second-order valence-electron chi connectivity index (χ2n) is 4.07. The molecule has 0 aliphatic heterocycles. The minimum atomic E-state index is -3.66. The number of benzene rings is 1. The predicted octanol–water partition coefficient (Wildman–Crippen LogP) is 0.233. The monoisotopic (exact) mass is 329 g/mol. The Kier molecular flexibility index (Phi) is 4.40. The van der Waals surface area contributed by atoms with Crippen LogP contribution in [0, 0.1) is 0 Å². The van der Waals surface area contributed by atoms with E-state index in [1.165, 1.54) is 17.7 Å². The van der Waals surface area contributed by atoms with Crippen LogP contribution in [0.25, 0.3) is 0 Å². The summed E-state index contributed by atoms with van der Waals surface area (Å²) in [5.41, 5.74) is 5.65. The standard InChI is InChI=1S/C11H15N5O3S2/c1-3-16-10(17)14-15-11(16)20-8-5-4-7(12)6-9(8)21(18,19)13-2/h4-6,13H,3,12H2,1-2H3,(H,14,17). The molecule has 0 bridgehead atoms. The van der Waals surface area contributed by atoms with Crippen LogP contribution in [0.2, 0.25) is 0 Å². The summed E-state index contributed by atoms with van der Waals surface area (Å²) in [5.74, 6) is 0. The number of aromatic nitrogens is 3. The molecule has 1 aromatic heterocycles. The Balaban J connectivity index is 2.52. The van der Waals surface area contributed by atoms with Crippen molar-refractivity contribution >= 4 is 27.5 Å². The summed E-state index contributed by atoms with van der Waals surface area (Å²) >= 11 is 1.08. The first-order valence-electron chi connectivity index (χ1n) is 6.05. The SMILES string of the molecule is CCn1c(Sc2ccc(N)cc2S(=O)(=O)NC)n[nH]c1=O. The molecule has 0 saturated carbocycles. The minimum absolute atomic E-state index is 0.0492. The highest BCUT2D eigenvalue weighted by molar-refractivity contribution is 8.00. The first kappa shape index (κ1) is 15.6. The summed E-state index contributed by atoms with van der Waals surface area (Å²) in [6.07, 6.45) is 0. The topological polar surface area (TPSA) is 123 Å². The normalized spacial score (nSPS) is 11.7. The lowest BCUT2D eigenvalue weighted by Crippen LogP contribution is -2.20. The van der Waals surface area contributed by atoms with E-state index in [4.69, 9.17) is 5.73 Å². The third-order valence-corrected chi connectivity index (χ3v) is 5.42. The highest BCUT2D eigenvalue weighted by Crippen LogP contribution is 2.32. The quantitative estimate of drug-likeness (QED) is 0.675. The zero-order valence-corrected chi connectivity index (χ0v) is 13.1. The molecule has 2 rings (SSSR count). The number of sulfonamides is 1. The van der Waals surface area contributed by atoms with E-state index in [0.717, 1.165) is 11.8 Å². The molecule has 0 saturated heterocycles. The van der Waals surface area contributed by atoms with Crippen molar-refractivity contribution in [3.05, 3.63) is 28.7 Å². The van der Waals surface area contributed by atoms with Gasteiger partial charge in [-0.2, -0.15) is 0 Å². The predicted molar refractivity (Wildman–Crippen MR) is 79.7 cm³/mol. The number of nitrogen functional groups attached to an aromatic ring is 1. The molecule has 4 N–H and O–H groups in total. The van der Waals surface area contributed by atoms with Gasteiger partial charge in [-0.3, -0.25) is 4.57 Å². The first-order chi connectivity index (χ1) is 9.89. The smallest absolute Gasteiger partial charge is 0.343 e. The van der Waals surface area contributed by atoms with Crippen molar-refractivity contribution in [2.45, 2.75) is 28.4 Å². The molecule has 0 aliphatic carbocycles. The first-order valence-corrected chi connectivity index (χ1v) is 8.35. The number of nitrogens with zero attached hydrogens (tertiary/aromatic N) is 2. The van der Waals surface area contributed by atoms with E-state index in [2.05, 4.69) is 14.9 Å². The van der Waals surface area contributed by atoms with E-state index in [1.54, 1.807) is 19.1 Å². The Morgan fingerprint density at radius 1 is 1.48 bits per heavy atom. The fraction of sp³-hybridized carbons (Fsp3) is 0.273. The molecule has 1 heterocycles. The van der Waals surface area contributed by atoms with E-state index >= 15 is 0 Å². The third-order valence-electron chi connectivity index (χ3n) is 2.77. The zero-order chi connectivity index (χ0) is 15.6. The van der Waals surface area contributed by atoms with Gasteiger partial charge in [0.25, 0.3) is 0 Å². The number of anilines is 1. The highest BCUT2D eigenvalue weighted by Gasteiger charge is 2.20. The summed E-state index contributed by atoms with van der Waals surface area (Å²) in [7, 11) is -2.34. The number of rotatable bonds is 5. The Morgan fingerprint density at radius 3 is 2.81 bits per heavy atom. The maximum absolute atomic E-state index is 12.0. The fourth-order valence-electron chi connectivity index (χ4n) is 1.69. The molecule has 0 unspecified atom stereocenters. The third kappa shape index (κ3) is 3.12. The average Bonchev–Trinajstić information content (AvgIpc) is 2.80. The summed E-state index contributed by atoms with van der Waals surface area (Å²) in [5, 5.41) is 6.62. The number of nitrogens with two attached hydrogens (primary N) is 1. The molecule has 0 radical (unpaired) electrons. The van der Waals surface area contributed by atoms with Gasteiger partial charge >= 0.3 is 5.69 Å². The molecule has 8 nitrogen and oxygen atoms in total. The van der Waals surface area contributed by atoms with Crippen LogP contribution in [0.3, 0.4) is 0 Å². The fourth-order valence-corrected chi connectivity index (χ4v) is 3.89. The molecule has 2 aromatic rings. The van der Waals surface area contributed by atoms with Crippen LogP contribution in [0.4, 0.5) is 5.69 Å². The number of hydrogen-bond donors (Lipinski definition) is 3. The second-order valence-corrected chi connectivity index (χ2v) is 6.94. The van der Waals surface area contributed by atoms with Crippen LogP contribution < -0.4 is 16.1 Å². The lowest BCUT2D eigenvalue weighted by Gasteiger charge is -2.10. The molecule has 0 aliphatic rings. The molecule has 0 fully saturated rings. The number of nitrogens with one attached hydrogen (secondary N) is 2. The van der Waals surface area contributed by atoms with E-state index in [9.17, 15) is 13.2 Å². The molecule has 0 atom stereocenters. The summed E-state index contributed by atoms with van der Waals surface area (Å²) in [6, 6.07) is 4.55. The summed E-state index contributed by atoms with van der Waals surface area (Å²) < 4.78 is 27.8. The second kappa shape index (κ2) is 5.92. The number of H-pyrrole nitrogens is 1. The molecular weight excluding hydrogens is 314 g/mol. The van der Waals surface area contributed by atoms with E-state index in [-0.39, 0.29) is 10.6 Å². The van der Waals surface area contributed by atoms with Gasteiger partial charge in [0.05, 0.1) is 4.90 Å². The average molecular weight is 329 g/mol. The Morgan fingerprint density at radius 2 is 2.19 bits per heavy atom. The van der Waals surface area contributed by atoms with Gasteiger partial charge in [0.1, 0.15) is 0 Å². The Bertz CT molecular complexity index is 810. The molecule has 10 heteroatoms. The highest BCUT2D eigenvalue weighted by atomic mass is 32.2. The molecule has 114 valence electrons. The molecule has 0 spiro atoms. The van der Waals surface area contributed by atoms with Crippen LogP contribution in [0.15, 0.2) is 37.9 Å². The minimum Gasteiger partial charge on any atom is -0.399 e. The maximum Gasteiger partial charge on any atom is 0.343 e. The molecule has 0 amide bonds. The lowest BCUT2D eigenvalue weighted by atomic mass is 10.3. The van der Waals surface area contributed by atoms with Crippen LogP contribution >= 0.6 is 11.8 Å². The van der Waals surface area contributed by atoms with Crippen LogP contribution in [0.1, 0.15) is 6.92 Å². The Hall–Kier alpha value is -1.78. The van der Waals surface area contributed by atoms with Gasteiger partial charge in [-0.15, -0.1) is 5.10 Å². The van der Waals surface area contributed by atoms with Crippen molar-refractivity contribution in [2.75, 3.05) is 12.8 Å². The van der Waals surface area contributed by atoms with Gasteiger partial charge < -0.3 is 5.73 Å². The van der Waals surface area contributed by atoms with Crippen molar-refractivity contribution in [1.29, 1.82) is 0 Å². The van der Waals surface area contributed by atoms with Crippen LogP contribution in [-0.4, -0.2) is 30.2 Å². The van der Waals surface area contributed by atoms with E-state index < -0.39 is 10.0 Å². The van der Waals surface area contributed by atoms with Crippen molar-refractivity contribution in [3.8, 4) is 0 Å². The molecule has 21 heavy (non-hydrogen) atoms. The van der Waals surface area contributed by atoms with Gasteiger partial charge in [-0.05, 0) is 43.9 Å². The van der Waals surface area contributed by atoms with E-state index in [1.807, 2.05) is 0 Å². The van der Waals surface area contributed by atoms with Crippen molar-refractivity contribution < 1.29 is 8.42 Å². The number of aromatic amines is 1. The van der Waals surface area contributed by atoms with Gasteiger partial charge in [-0.25, -0.2) is 23.0 Å². The number of hydrogen-bond acceptors (Lipinski definition) is 6. The van der Waals surface area contributed by atoms with Gasteiger partial charge in [0, 0.05) is 17.1 Å². The summed E-state index contributed by atoms with van der Waals surface area (Å²) in [4.78, 5) is 12.0. The van der Waals surface area contributed by atoms with Crippen molar-refractivity contribution in [1.82, 2.24) is 19.5 Å². The van der Waals surface area contributed by atoms with Gasteiger partial charge in [0.15, 0.2) is 5.16 Å². The van der Waals surface area contributed by atoms with Crippen molar-refractivity contribution in [3.63, 3.8) is 0 Å².